The van der Waals surface area contributed by atoms with Crippen molar-refractivity contribution in [3.63, 3.8) is 0 Å². The van der Waals surface area contributed by atoms with Crippen molar-refractivity contribution in [2.75, 3.05) is 0 Å². The van der Waals surface area contributed by atoms with Gasteiger partial charge in [-0.3, -0.25) is 14.6 Å². The third-order valence-electron chi connectivity index (χ3n) is 5.71. The number of nitrogens with zero attached hydrogens (tertiary/aromatic N) is 3. The monoisotopic (exact) mass is 452 g/mol. The summed E-state index contributed by atoms with van der Waals surface area (Å²) in [6.07, 6.45) is 0.838. The average Bonchev–Trinajstić information content (AvgIpc) is 3.15. The summed E-state index contributed by atoms with van der Waals surface area (Å²) in [7, 11) is 0. The summed E-state index contributed by atoms with van der Waals surface area (Å²) in [4.78, 5) is 36.9. The van der Waals surface area contributed by atoms with Gasteiger partial charge in [-0.15, -0.1) is 0 Å². The Bertz CT molecular complexity index is 1100. The Morgan fingerprint density at radius 1 is 1.19 bits per heavy atom. The molecule has 0 aliphatic carbocycles. The minimum Gasteiger partial charge on any atom is -0.351 e. The van der Waals surface area contributed by atoms with E-state index < -0.39 is 11.3 Å². The lowest BCUT2D eigenvalue weighted by Gasteiger charge is -2.27. The van der Waals surface area contributed by atoms with Crippen molar-refractivity contribution in [3.8, 4) is 0 Å². The molecule has 4 rings (SSSR count). The zero-order valence-electron chi connectivity index (χ0n) is 18.2. The minimum atomic E-state index is -0.490. The number of amidine groups is 2. The lowest BCUT2D eigenvalue weighted by Crippen LogP contribution is -2.43. The Kier molecular flexibility index (Phi) is 6.41. The number of aliphatic imine (C=N–C) groups is 2. The molecule has 0 saturated heterocycles. The summed E-state index contributed by atoms with van der Waals surface area (Å²) >= 11 is 1.23. The lowest BCUT2D eigenvalue weighted by atomic mass is 10.00. The molecular formula is C24H25FN4O2S. The predicted octanol–water partition coefficient (Wildman–Crippen LogP) is 4.27. The van der Waals surface area contributed by atoms with E-state index in [-0.39, 0.29) is 23.5 Å². The van der Waals surface area contributed by atoms with Gasteiger partial charge in [0.15, 0.2) is 5.17 Å². The van der Waals surface area contributed by atoms with Crippen LogP contribution < -0.4 is 5.32 Å². The van der Waals surface area contributed by atoms with Crippen LogP contribution in [0.4, 0.5) is 10.1 Å². The van der Waals surface area contributed by atoms with Crippen LogP contribution in [0.2, 0.25) is 0 Å². The highest BCUT2D eigenvalue weighted by Gasteiger charge is 2.43. The molecule has 0 spiro atoms. The van der Waals surface area contributed by atoms with Gasteiger partial charge >= 0.3 is 0 Å². The molecule has 6 nitrogen and oxygen atoms in total. The molecule has 2 heterocycles. The number of hydrogen-bond acceptors (Lipinski definition) is 5. The quantitative estimate of drug-likeness (QED) is 0.711. The first kappa shape index (κ1) is 22.2. The predicted molar refractivity (Wildman–Crippen MR) is 125 cm³/mol. The summed E-state index contributed by atoms with van der Waals surface area (Å²) in [5.74, 6) is 0.101. The fourth-order valence-corrected chi connectivity index (χ4v) is 4.53. The molecule has 8 heteroatoms. The van der Waals surface area contributed by atoms with Gasteiger partial charge in [-0.2, -0.15) is 0 Å². The van der Waals surface area contributed by atoms with Crippen molar-refractivity contribution < 1.29 is 14.0 Å². The zero-order chi connectivity index (χ0) is 22.8. The standard InChI is InChI=1S/C24H25FN4O2S/c1-4-14(2)20-23(31)29-21(28-20)18-7-5-6-8-19(18)27-24(29)32-15(3)22(30)26-13-16-9-11-17(25)12-10-16/h5-12,14-15,20H,4,13H2,1-3H3,(H,26,30)/t14-,15-,20+/m0/s1. The molecule has 0 aromatic heterocycles. The van der Waals surface area contributed by atoms with Gasteiger partial charge in [-0.05, 0) is 42.7 Å². The minimum absolute atomic E-state index is 0.103. The molecular weight excluding hydrogens is 427 g/mol. The number of nitrogens with one attached hydrogen (secondary N) is 1. The van der Waals surface area contributed by atoms with E-state index >= 15 is 0 Å². The summed E-state index contributed by atoms with van der Waals surface area (Å²) in [6, 6.07) is 13.1. The van der Waals surface area contributed by atoms with Crippen molar-refractivity contribution in [1.82, 2.24) is 10.2 Å². The molecule has 2 aromatic rings. The van der Waals surface area contributed by atoms with Crippen molar-refractivity contribution >= 4 is 40.3 Å². The van der Waals surface area contributed by atoms with E-state index in [4.69, 9.17) is 9.98 Å². The van der Waals surface area contributed by atoms with Gasteiger partial charge in [-0.25, -0.2) is 14.3 Å². The molecule has 166 valence electrons. The Morgan fingerprint density at radius 2 is 1.91 bits per heavy atom. The molecule has 32 heavy (non-hydrogen) atoms. The number of carbonyl (C=O) groups is 2. The third kappa shape index (κ3) is 4.32. The smallest absolute Gasteiger partial charge is 0.259 e. The van der Waals surface area contributed by atoms with Gasteiger partial charge in [0, 0.05) is 12.1 Å². The van der Waals surface area contributed by atoms with Crippen LogP contribution >= 0.6 is 11.8 Å². The number of carbonyl (C=O) groups excluding carboxylic acids is 2. The fourth-order valence-electron chi connectivity index (χ4n) is 3.59. The number of halogens is 1. The van der Waals surface area contributed by atoms with E-state index in [0.717, 1.165) is 23.2 Å². The number of hydrogen-bond donors (Lipinski definition) is 1. The highest BCUT2D eigenvalue weighted by molar-refractivity contribution is 8.15. The number of benzene rings is 2. The maximum Gasteiger partial charge on any atom is 0.259 e. The van der Waals surface area contributed by atoms with Gasteiger partial charge in [-0.1, -0.05) is 56.3 Å². The maximum absolute atomic E-state index is 13.2. The first-order valence-electron chi connectivity index (χ1n) is 10.7. The van der Waals surface area contributed by atoms with Crippen LogP contribution in [0.5, 0.6) is 0 Å². The maximum atomic E-state index is 13.2. The van der Waals surface area contributed by atoms with E-state index in [9.17, 15) is 14.0 Å². The van der Waals surface area contributed by atoms with Gasteiger partial charge in [0.05, 0.1) is 10.9 Å². The van der Waals surface area contributed by atoms with Crippen LogP contribution in [0.25, 0.3) is 0 Å². The Hall–Kier alpha value is -3.00. The Morgan fingerprint density at radius 3 is 2.62 bits per heavy atom. The average molecular weight is 453 g/mol. The van der Waals surface area contributed by atoms with E-state index in [1.54, 1.807) is 24.0 Å². The number of fused-ring (bicyclic) bond motifs is 3. The van der Waals surface area contributed by atoms with Crippen LogP contribution in [0.15, 0.2) is 58.5 Å². The first-order valence-corrected chi connectivity index (χ1v) is 11.6. The largest absolute Gasteiger partial charge is 0.351 e. The van der Waals surface area contributed by atoms with Crippen LogP contribution in [-0.4, -0.2) is 39.0 Å². The number of para-hydroxylation sites is 1. The van der Waals surface area contributed by atoms with Gasteiger partial charge in [0.2, 0.25) is 5.91 Å². The second-order valence-corrected chi connectivity index (χ2v) is 9.28. The van der Waals surface area contributed by atoms with E-state index in [0.29, 0.717) is 17.5 Å². The second-order valence-electron chi connectivity index (χ2n) is 7.97. The van der Waals surface area contributed by atoms with Gasteiger partial charge < -0.3 is 5.32 Å². The molecule has 1 N–H and O–H groups in total. The highest BCUT2D eigenvalue weighted by atomic mass is 32.2. The molecule has 0 saturated carbocycles. The topological polar surface area (TPSA) is 74.1 Å². The Balaban J connectivity index is 1.53. The molecule has 0 bridgehead atoms. The third-order valence-corrected chi connectivity index (χ3v) is 6.77. The SMILES string of the molecule is CC[C@H](C)[C@H]1N=C2c3ccccc3N=C(S[C@@H](C)C(=O)NCc3ccc(F)cc3)N2C1=O. The van der Waals surface area contributed by atoms with Gasteiger partial charge in [0.25, 0.3) is 5.91 Å². The normalized spacial score (nSPS) is 18.9. The zero-order valence-corrected chi connectivity index (χ0v) is 19.0. The first-order chi connectivity index (χ1) is 15.4. The molecule has 2 aliphatic rings. The molecule has 0 unspecified atom stereocenters. The molecule has 3 atom stereocenters. The van der Waals surface area contributed by atoms with Crippen molar-refractivity contribution in [2.45, 2.75) is 45.0 Å². The number of amides is 2. The van der Waals surface area contributed by atoms with Crippen LogP contribution in [0.1, 0.15) is 38.3 Å². The molecule has 0 fully saturated rings. The fraction of sp³-hybridized carbons (Fsp3) is 0.333. The molecule has 2 amide bonds. The van der Waals surface area contributed by atoms with Gasteiger partial charge in [0.1, 0.15) is 17.7 Å². The van der Waals surface area contributed by atoms with E-state index in [1.807, 2.05) is 38.1 Å². The van der Waals surface area contributed by atoms with Crippen molar-refractivity contribution in [1.29, 1.82) is 0 Å². The highest BCUT2D eigenvalue weighted by Crippen LogP contribution is 2.36. The molecule has 2 aliphatic heterocycles. The van der Waals surface area contributed by atoms with Crippen molar-refractivity contribution in [2.24, 2.45) is 15.9 Å². The summed E-state index contributed by atoms with van der Waals surface area (Å²) < 4.78 is 13.1. The summed E-state index contributed by atoms with van der Waals surface area (Å²) in [6.45, 7) is 6.13. The van der Waals surface area contributed by atoms with E-state index in [1.165, 1.54) is 23.9 Å². The summed E-state index contributed by atoms with van der Waals surface area (Å²) in [5, 5.41) is 2.83. The van der Waals surface area contributed by atoms with Crippen LogP contribution in [0, 0.1) is 11.7 Å². The molecule has 2 aromatic carbocycles. The summed E-state index contributed by atoms with van der Waals surface area (Å²) in [5.41, 5.74) is 2.37. The number of rotatable bonds is 6. The molecule has 0 radical (unpaired) electrons. The van der Waals surface area contributed by atoms with Crippen molar-refractivity contribution in [3.05, 3.63) is 65.5 Å². The number of thioether (sulfide) groups is 1. The van der Waals surface area contributed by atoms with Crippen LogP contribution in [0.3, 0.4) is 0 Å². The Labute approximate surface area is 191 Å². The van der Waals surface area contributed by atoms with Crippen LogP contribution in [-0.2, 0) is 16.1 Å². The second kappa shape index (κ2) is 9.24. The van der Waals surface area contributed by atoms with E-state index in [2.05, 4.69) is 5.32 Å². The lowest BCUT2D eigenvalue weighted by molar-refractivity contribution is -0.125.